The highest BCUT2D eigenvalue weighted by Crippen LogP contribution is 2.34. The lowest BCUT2D eigenvalue weighted by Gasteiger charge is -2.38. The molecule has 2 nitrogen and oxygen atoms in total. The molecule has 0 bridgehead atoms. The zero-order valence-corrected chi connectivity index (χ0v) is 15.8. The number of carbonyl (C=O) groups is 1. The van der Waals surface area contributed by atoms with Gasteiger partial charge in [0.1, 0.15) is 5.78 Å². The lowest BCUT2D eigenvalue weighted by atomic mass is 9.75. The summed E-state index contributed by atoms with van der Waals surface area (Å²) in [5.41, 5.74) is -0.197. The van der Waals surface area contributed by atoms with Crippen molar-refractivity contribution < 1.29 is 9.22 Å². The molecule has 1 unspecified atom stereocenters. The summed E-state index contributed by atoms with van der Waals surface area (Å²) in [7, 11) is -2.32. The summed E-state index contributed by atoms with van der Waals surface area (Å²) in [5.74, 6) is 0.330. The zero-order chi connectivity index (χ0) is 17.2. The Bertz CT molecular complexity index is 655. The van der Waals surface area contributed by atoms with Crippen molar-refractivity contribution >= 4 is 24.5 Å². The topological polar surface area (TPSA) is 26.3 Å². The lowest BCUT2D eigenvalue weighted by Crippen LogP contribution is -2.60. The van der Waals surface area contributed by atoms with Gasteiger partial charge in [-0.3, -0.25) is 4.79 Å². The molecule has 1 aliphatic rings. The predicted octanol–water partition coefficient (Wildman–Crippen LogP) is 3.54. The van der Waals surface area contributed by atoms with E-state index in [0.29, 0.717) is 12.2 Å². The van der Waals surface area contributed by atoms with Crippen LogP contribution in [-0.2, 0) is 9.22 Å². The minimum absolute atomic E-state index is 0.0302. The Hall–Kier alpha value is -1.71. The average Bonchev–Trinajstić information content (AvgIpc) is 2.60. The van der Waals surface area contributed by atoms with E-state index in [2.05, 4.69) is 68.9 Å². The van der Waals surface area contributed by atoms with Crippen molar-refractivity contribution in [2.75, 3.05) is 0 Å². The summed E-state index contributed by atoms with van der Waals surface area (Å²) in [6, 6.07) is 21.0. The van der Waals surface area contributed by atoms with Gasteiger partial charge >= 0.3 is 0 Å². The van der Waals surface area contributed by atoms with Crippen LogP contribution in [0.3, 0.4) is 0 Å². The van der Waals surface area contributed by atoms with Gasteiger partial charge in [0, 0.05) is 11.8 Å². The number of rotatable bonds is 4. The molecule has 0 saturated heterocycles. The van der Waals surface area contributed by atoms with Crippen LogP contribution in [0.4, 0.5) is 0 Å². The second-order valence-electron chi connectivity index (χ2n) is 7.56. The molecule has 0 spiro atoms. The third-order valence-corrected chi connectivity index (χ3v) is 8.99. The van der Waals surface area contributed by atoms with Crippen LogP contribution in [0, 0.1) is 5.41 Å². The Morgan fingerprint density at radius 1 is 0.958 bits per heavy atom. The predicted molar refractivity (Wildman–Crippen MR) is 101 cm³/mol. The molecule has 0 amide bonds. The Kier molecular flexibility index (Phi) is 4.75. The van der Waals surface area contributed by atoms with Crippen molar-refractivity contribution in [1.82, 2.24) is 0 Å². The van der Waals surface area contributed by atoms with E-state index < -0.39 is 8.32 Å². The van der Waals surface area contributed by atoms with Gasteiger partial charge in [0.05, 0.1) is 6.10 Å². The summed E-state index contributed by atoms with van der Waals surface area (Å²) in [6.07, 6.45) is 2.43. The van der Waals surface area contributed by atoms with Crippen molar-refractivity contribution in [2.45, 2.75) is 45.8 Å². The van der Waals surface area contributed by atoms with Crippen LogP contribution in [0.15, 0.2) is 60.7 Å². The number of ketones is 1. The van der Waals surface area contributed by atoms with E-state index in [4.69, 9.17) is 4.43 Å². The van der Waals surface area contributed by atoms with Crippen molar-refractivity contribution in [3.05, 3.63) is 60.7 Å². The number of hydrogen-bond acceptors (Lipinski definition) is 2. The van der Waals surface area contributed by atoms with Gasteiger partial charge in [0.2, 0.25) is 0 Å². The third kappa shape index (κ3) is 3.37. The lowest BCUT2D eigenvalue weighted by molar-refractivity contribution is -0.132. The summed E-state index contributed by atoms with van der Waals surface area (Å²) in [6.45, 7) is 6.36. The molecule has 24 heavy (non-hydrogen) atoms. The van der Waals surface area contributed by atoms with Crippen LogP contribution >= 0.6 is 0 Å². The molecule has 3 heteroatoms. The van der Waals surface area contributed by atoms with Gasteiger partial charge in [0.25, 0.3) is 8.32 Å². The SMILES string of the molecule is CC1(C)CCC(O[Si](C)(c2ccccc2)c2ccccc2)CC1=O. The van der Waals surface area contributed by atoms with Gasteiger partial charge in [-0.25, -0.2) is 0 Å². The highest BCUT2D eigenvalue weighted by atomic mass is 28.4. The molecule has 3 rings (SSSR count). The van der Waals surface area contributed by atoms with Crippen molar-refractivity contribution in [3.8, 4) is 0 Å². The molecule has 2 aromatic rings. The average molecular weight is 339 g/mol. The van der Waals surface area contributed by atoms with E-state index in [-0.39, 0.29) is 11.5 Å². The first-order valence-electron chi connectivity index (χ1n) is 8.74. The second kappa shape index (κ2) is 6.65. The quantitative estimate of drug-likeness (QED) is 0.797. The summed E-state index contributed by atoms with van der Waals surface area (Å²) in [5, 5.41) is 2.52. The number of benzene rings is 2. The summed E-state index contributed by atoms with van der Waals surface area (Å²) < 4.78 is 6.73. The molecule has 1 fully saturated rings. The molecular formula is C21H26O2Si. The number of Topliss-reactive ketones (excluding diaryl/α,β-unsaturated/α-hetero) is 1. The van der Waals surface area contributed by atoms with Crippen LogP contribution in [-0.4, -0.2) is 20.2 Å². The van der Waals surface area contributed by atoms with Gasteiger partial charge in [-0.05, 0) is 29.8 Å². The van der Waals surface area contributed by atoms with Crippen molar-refractivity contribution in [3.63, 3.8) is 0 Å². The van der Waals surface area contributed by atoms with E-state index in [1.807, 2.05) is 12.1 Å². The highest BCUT2D eigenvalue weighted by Gasteiger charge is 2.41. The maximum absolute atomic E-state index is 12.4. The molecule has 0 aromatic heterocycles. The first kappa shape index (κ1) is 17.1. The first-order chi connectivity index (χ1) is 11.4. The molecule has 126 valence electrons. The van der Waals surface area contributed by atoms with E-state index in [0.717, 1.165) is 12.8 Å². The van der Waals surface area contributed by atoms with Gasteiger partial charge < -0.3 is 4.43 Å². The largest absolute Gasteiger partial charge is 0.405 e. The Morgan fingerprint density at radius 2 is 1.46 bits per heavy atom. The minimum atomic E-state index is -2.32. The highest BCUT2D eigenvalue weighted by molar-refractivity contribution is 6.96. The fourth-order valence-corrected chi connectivity index (χ4v) is 6.63. The Morgan fingerprint density at radius 3 is 1.92 bits per heavy atom. The molecule has 1 aliphatic carbocycles. The first-order valence-corrected chi connectivity index (χ1v) is 11.1. The van der Waals surface area contributed by atoms with E-state index in [1.54, 1.807) is 0 Å². The van der Waals surface area contributed by atoms with E-state index >= 15 is 0 Å². The van der Waals surface area contributed by atoms with Crippen LogP contribution in [0.25, 0.3) is 0 Å². The third-order valence-electron chi connectivity index (χ3n) is 5.31. The van der Waals surface area contributed by atoms with Gasteiger partial charge in [-0.2, -0.15) is 0 Å². The molecular weight excluding hydrogens is 312 g/mol. The van der Waals surface area contributed by atoms with Gasteiger partial charge in [-0.15, -0.1) is 0 Å². The number of hydrogen-bond donors (Lipinski definition) is 0. The summed E-state index contributed by atoms with van der Waals surface area (Å²) >= 11 is 0. The molecule has 0 N–H and O–H groups in total. The second-order valence-corrected chi connectivity index (χ2v) is 11.0. The van der Waals surface area contributed by atoms with Crippen LogP contribution in [0.1, 0.15) is 33.1 Å². The smallest absolute Gasteiger partial charge is 0.253 e. The van der Waals surface area contributed by atoms with Gasteiger partial charge in [0.15, 0.2) is 0 Å². The molecule has 1 saturated carbocycles. The fourth-order valence-electron chi connectivity index (χ4n) is 3.50. The standard InChI is InChI=1S/C21H26O2Si/c1-21(2)15-14-17(16-20(21)22)23-24(3,18-10-6-4-7-11-18)19-12-8-5-9-13-19/h4-13,17H,14-16H2,1-3H3. The molecule has 1 atom stereocenters. The van der Waals surface area contributed by atoms with Gasteiger partial charge in [-0.1, -0.05) is 74.5 Å². The summed E-state index contributed by atoms with van der Waals surface area (Å²) in [4.78, 5) is 12.4. The Balaban J connectivity index is 1.91. The van der Waals surface area contributed by atoms with Crippen LogP contribution < -0.4 is 10.4 Å². The van der Waals surface area contributed by atoms with Crippen molar-refractivity contribution in [1.29, 1.82) is 0 Å². The maximum Gasteiger partial charge on any atom is 0.253 e. The normalized spacial score (nSPS) is 20.8. The minimum Gasteiger partial charge on any atom is -0.405 e. The molecule has 2 aromatic carbocycles. The molecule has 0 radical (unpaired) electrons. The maximum atomic E-state index is 12.4. The fraction of sp³-hybridized carbons (Fsp3) is 0.381. The number of carbonyl (C=O) groups excluding carboxylic acids is 1. The van der Waals surface area contributed by atoms with Crippen molar-refractivity contribution in [2.24, 2.45) is 5.41 Å². The van der Waals surface area contributed by atoms with Crippen LogP contribution in [0.5, 0.6) is 0 Å². The molecule has 0 aliphatic heterocycles. The zero-order valence-electron chi connectivity index (χ0n) is 14.8. The monoisotopic (exact) mass is 338 g/mol. The van der Waals surface area contributed by atoms with E-state index in [1.165, 1.54) is 10.4 Å². The van der Waals surface area contributed by atoms with E-state index in [9.17, 15) is 4.79 Å². The van der Waals surface area contributed by atoms with Crippen LogP contribution in [0.2, 0.25) is 6.55 Å². The molecule has 0 heterocycles. The Labute approximate surface area is 146 Å².